The van der Waals surface area contributed by atoms with Gasteiger partial charge in [-0.2, -0.15) is 0 Å². The van der Waals surface area contributed by atoms with Crippen LogP contribution < -0.4 is 10.6 Å². The van der Waals surface area contributed by atoms with Crippen LogP contribution in [0.15, 0.2) is 65.7 Å². The Morgan fingerprint density at radius 1 is 0.844 bits per heavy atom. The number of nitrogens with one attached hydrogen (secondary N) is 2. The van der Waals surface area contributed by atoms with Gasteiger partial charge in [0.15, 0.2) is 0 Å². The van der Waals surface area contributed by atoms with E-state index in [9.17, 15) is 14.4 Å². The number of ether oxygens (including phenoxy) is 3. The first-order chi connectivity index (χ1) is 15.6. The number of hydrogen-bond donors (Lipinski definition) is 2. The summed E-state index contributed by atoms with van der Waals surface area (Å²) in [7, 11) is 1.33. The Kier molecular flexibility index (Phi) is 10.8. The van der Waals surface area contributed by atoms with E-state index in [1.54, 1.807) is 0 Å². The van der Waals surface area contributed by atoms with Crippen LogP contribution in [-0.2, 0) is 32.2 Å². The Morgan fingerprint density at radius 2 is 1.44 bits per heavy atom. The van der Waals surface area contributed by atoms with E-state index in [1.165, 1.54) is 7.11 Å². The highest BCUT2D eigenvalue weighted by Gasteiger charge is 2.11. The molecule has 0 unspecified atom stereocenters. The van der Waals surface area contributed by atoms with Gasteiger partial charge in [-0.05, 0) is 24.0 Å². The SMILES string of the molecule is COC(=O)CCCCNC(=NC(=O)OCc1ccccc1)NC(=O)OCc1ccccc1. The second-order valence-corrected chi connectivity index (χ2v) is 6.65. The number of alkyl carbamates (subject to hydrolysis) is 1. The predicted molar refractivity (Wildman–Crippen MR) is 118 cm³/mol. The van der Waals surface area contributed by atoms with Crippen LogP contribution in [0.3, 0.4) is 0 Å². The van der Waals surface area contributed by atoms with E-state index in [0.717, 1.165) is 11.1 Å². The van der Waals surface area contributed by atoms with Crippen LogP contribution in [0.25, 0.3) is 0 Å². The minimum Gasteiger partial charge on any atom is -0.469 e. The van der Waals surface area contributed by atoms with E-state index in [2.05, 4.69) is 20.4 Å². The summed E-state index contributed by atoms with van der Waals surface area (Å²) in [5, 5.41) is 5.27. The molecule has 2 N–H and O–H groups in total. The van der Waals surface area contributed by atoms with Crippen LogP contribution in [0.4, 0.5) is 9.59 Å². The van der Waals surface area contributed by atoms with Crippen LogP contribution in [0.5, 0.6) is 0 Å². The van der Waals surface area contributed by atoms with E-state index >= 15 is 0 Å². The molecule has 2 aromatic rings. The van der Waals surface area contributed by atoms with Gasteiger partial charge in [0.2, 0.25) is 5.96 Å². The van der Waals surface area contributed by atoms with Crippen molar-refractivity contribution in [2.75, 3.05) is 13.7 Å². The highest BCUT2D eigenvalue weighted by atomic mass is 16.6. The van der Waals surface area contributed by atoms with Crippen molar-refractivity contribution in [2.24, 2.45) is 4.99 Å². The van der Waals surface area contributed by atoms with Crippen LogP contribution in [0.2, 0.25) is 0 Å². The summed E-state index contributed by atoms with van der Waals surface area (Å²) in [6.45, 7) is 0.479. The molecule has 9 heteroatoms. The lowest BCUT2D eigenvalue weighted by molar-refractivity contribution is -0.140. The summed E-state index contributed by atoms with van der Waals surface area (Å²) in [6.07, 6.45) is -0.200. The largest absolute Gasteiger partial charge is 0.469 e. The molecule has 0 aliphatic rings. The number of carbonyl (C=O) groups is 3. The standard InChI is InChI=1S/C23H27N3O6/c1-30-20(27)14-8-9-15-24-21(25-22(28)31-16-18-10-4-2-5-11-18)26-23(29)32-17-19-12-6-3-7-13-19/h2-7,10-13H,8-9,14-17H2,1H3,(H2,24,25,26,28,29). The summed E-state index contributed by atoms with van der Waals surface area (Å²) in [4.78, 5) is 39.2. The molecule has 9 nitrogen and oxygen atoms in total. The zero-order valence-corrected chi connectivity index (χ0v) is 17.9. The van der Waals surface area contributed by atoms with Crippen molar-refractivity contribution in [3.63, 3.8) is 0 Å². The first kappa shape index (κ1) is 24.4. The summed E-state index contributed by atoms with van der Waals surface area (Å²) >= 11 is 0. The van der Waals surface area contributed by atoms with E-state index in [-0.39, 0.29) is 31.6 Å². The second kappa shape index (κ2) is 14.2. The third kappa shape index (κ3) is 10.2. The summed E-state index contributed by atoms with van der Waals surface area (Å²) in [5.74, 6) is -0.398. The number of aliphatic imine (C=N–C) groups is 1. The lowest BCUT2D eigenvalue weighted by Gasteiger charge is -2.12. The quantitative estimate of drug-likeness (QED) is 0.201. The molecule has 0 saturated carbocycles. The highest BCUT2D eigenvalue weighted by molar-refractivity contribution is 5.98. The summed E-state index contributed by atoms with van der Waals surface area (Å²) in [6, 6.07) is 18.3. The number of carbonyl (C=O) groups excluding carboxylic acids is 3. The molecular weight excluding hydrogens is 414 g/mol. The van der Waals surface area contributed by atoms with Gasteiger partial charge in [0.05, 0.1) is 7.11 Å². The van der Waals surface area contributed by atoms with E-state index < -0.39 is 12.2 Å². The smallest absolute Gasteiger partial charge is 0.437 e. The first-order valence-electron chi connectivity index (χ1n) is 10.1. The number of benzene rings is 2. The number of esters is 1. The predicted octanol–water partition coefficient (Wildman–Crippen LogP) is 3.54. The Balaban J connectivity index is 1.88. The maximum atomic E-state index is 12.1. The topological polar surface area (TPSA) is 115 Å². The molecule has 0 atom stereocenters. The first-order valence-corrected chi connectivity index (χ1v) is 10.1. The van der Waals surface area contributed by atoms with Gasteiger partial charge in [-0.25, -0.2) is 9.59 Å². The van der Waals surface area contributed by atoms with Crippen molar-refractivity contribution >= 4 is 24.1 Å². The number of nitrogens with zero attached hydrogens (tertiary/aromatic N) is 1. The van der Waals surface area contributed by atoms with E-state index in [4.69, 9.17) is 9.47 Å². The number of unbranched alkanes of at least 4 members (excludes halogenated alkanes) is 1. The molecule has 2 amide bonds. The van der Waals surface area contributed by atoms with Crippen molar-refractivity contribution in [1.29, 1.82) is 0 Å². The van der Waals surface area contributed by atoms with Crippen LogP contribution >= 0.6 is 0 Å². The molecule has 0 aromatic heterocycles. The molecule has 0 spiro atoms. The second-order valence-electron chi connectivity index (χ2n) is 6.65. The van der Waals surface area contributed by atoms with Gasteiger partial charge in [-0.3, -0.25) is 10.1 Å². The van der Waals surface area contributed by atoms with Gasteiger partial charge in [-0.1, -0.05) is 60.7 Å². The number of rotatable bonds is 9. The van der Waals surface area contributed by atoms with Crippen molar-refractivity contribution < 1.29 is 28.6 Å². The number of hydrogen-bond acceptors (Lipinski definition) is 6. The number of methoxy groups -OCH3 is 1. The molecule has 0 fully saturated rings. The fraction of sp³-hybridized carbons (Fsp3) is 0.304. The van der Waals surface area contributed by atoms with Crippen LogP contribution in [0, 0.1) is 0 Å². The molecular formula is C23H27N3O6. The molecule has 0 aliphatic carbocycles. The lowest BCUT2D eigenvalue weighted by atomic mass is 10.2. The van der Waals surface area contributed by atoms with E-state index in [0.29, 0.717) is 19.4 Å². The lowest BCUT2D eigenvalue weighted by Crippen LogP contribution is -2.42. The number of amides is 2. The fourth-order valence-corrected chi connectivity index (χ4v) is 2.51. The molecule has 2 aromatic carbocycles. The van der Waals surface area contributed by atoms with E-state index in [1.807, 2.05) is 60.7 Å². The average Bonchev–Trinajstić information content (AvgIpc) is 2.82. The van der Waals surface area contributed by atoms with Gasteiger partial charge in [-0.15, -0.1) is 4.99 Å². The highest BCUT2D eigenvalue weighted by Crippen LogP contribution is 2.03. The molecule has 0 heterocycles. The molecule has 170 valence electrons. The molecule has 0 saturated heterocycles. The third-order valence-electron chi connectivity index (χ3n) is 4.17. The summed E-state index contributed by atoms with van der Waals surface area (Å²) in [5.41, 5.74) is 1.63. The Bertz CT molecular complexity index is 887. The molecule has 0 radical (unpaired) electrons. The third-order valence-corrected chi connectivity index (χ3v) is 4.17. The zero-order chi connectivity index (χ0) is 23.0. The minimum absolute atomic E-state index is 0.0496. The zero-order valence-electron chi connectivity index (χ0n) is 17.9. The molecule has 0 bridgehead atoms. The summed E-state index contributed by atoms with van der Waals surface area (Å²) < 4.78 is 14.9. The van der Waals surface area contributed by atoms with Gasteiger partial charge in [0.1, 0.15) is 13.2 Å². The Labute approximate surface area is 186 Å². The van der Waals surface area contributed by atoms with Gasteiger partial charge in [0, 0.05) is 13.0 Å². The van der Waals surface area contributed by atoms with Gasteiger partial charge < -0.3 is 19.5 Å². The monoisotopic (exact) mass is 441 g/mol. The van der Waals surface area contributed by atoms with Crippen molar-refractivity contribution in [2.45, 2.75) is 32.5 Å². The van der Waals surface area contributed by atoms with Gasteiger partial charge in [0.25, 0.3) is 0 Å². The number of guanidine groups is 1. The van der Waals surface area contributed by atoms with Crippen molar-refractivity contribution in [3.05, 3.63) is 71.8 Å². The fourth-order valence-electron chi connectivity index (χ4n) is 2.51. The van der Waals surface area contributed by atoms with Crippen LogP contribution in [0.1, 0.15) is 30.4 Å². The Hall–Kier alpha value is -3.88. The van der Waals surface area contributed by atoms with Crippen molar-refractivity contribution in [3.8, 4) is 0 Å². The maximum absolute atomic E-state index is 12.1. The van der Waals surface area contributed by atoms with Crippen LogP contribution in [-0.4, -0.2) is 37.8 Å². The molecule has 0 aliphatic heterocycles. The van der Waals surface area contributed by atoms with Crippen molar-refractivity contribution in [1.82, 2.24) is 10.6 Å². The Morgan fingerprint density at radius 3 is 2.03 bits per heavy atom. The van der Waals surface area contributed by atoms with Gasteiger partial charge >= 0.3 is 18.2 Å². The minimum atomic E-state index is -0.866. The molecule has 2 rings (SSSR count). The molecule has 32 heavy (non-hydrogen) atoms. The average molecular weight is 441 g/mol. The normalized spacial score (nSPS) is 10.7. The maximum Gasteiger partial charge on any atom is 0.437 e.